The molecule has 0 saturated heterocycles. The lowest BCUT2D eigenvalue weighted by Crippen LogP contribution is -2.24. The number of anilines is 1. The molecule has 0 spiro atoms. The van der Waals surface area contributed by atoms with Gasteiger partial charge in [0.25, 0.3) is 0 Å². The van der Waals surface area contributed by atoms with Gasteiger partial charge in [-0.2, -0.15) is 0 Å². The van der Waals surface area contributed by atoms with Gasteiger partial charge in [0.2, 0.25) is 0 Å². The van der Waals surface area contributed by atoms with Crippen LogP contribution in [0.1, 0.15) is 30.4 Å². The summed E-state index contributed by atoms with van der Waals surface area (Å²) >= 11 is 1.78. The third-order valence-corrected chi connectivity index (χ3v) is 4.26. The van der Waals surface area contributed by atoms with E-state index < -0.39 is 0 Å². The van der Waals surface area contributed by atoms with E-state index in [1.165, 1.54) is 17.7 Å². The number of furan rings is 1. The predicted octanol–water partition coefficient (Wildman–Crippen LogP) is 3.01. The molecule has 102 valence electrons. The second-order valence-electron chi connectivity index (χ2n) is 4.83. The van der Waals surface area contributed by atoms with Gasteiger partial charge in [0.05, 0.1) is 12.8 Å². The highest BCUT2D eigenvalue weighted by Crippen LogP contribution is 2.35. The van der Waals surface area contributed by atoms with Crippen LogP contribution in [0.2, 0.25) is 0 Å². The van der Waals surface area contributed by atoms with E-state index in [9.17, 15) is 0 Å². The summed E-state index contributed by atoms with van der Waals surface area (Å²) in [6, 6.07) is 4.62. The Morgan fingerprint density at radius 1 is 1.53 bits per heavy atom. The summed E-state index contributed by atoms with van der Waals surface area (Å²) in [5.41, 5.74) is 0. The molecule has 1 aliphatic carbocycles. The van der Waals surface area contributed by atoms with Crippen molar-refractivity contribution < 1.29 is 4.42 Å². The number of hydrogen-bond donors (Lipinski definition) is 1. The smallest absolute Gasteiger partial charge is 0.186 e. The molecule has 5 heteroatoms. The van der Waals surface area contributed by atoms with Gasteiger partial charge in [-0.25, -0.2) is 4.98 Å². The van der Waals surface area contributed by atoms with Crippen LogP contribution in [0.4, 0.5) is 5.13 Å². The first kappa shape index (κ1) is 12.7. The van der Waals surface area contributed by atoms with Gasteiger partial charge in [-0.15, -0.1) is 11.3 Å². The van der Waals surface area contributed by atoms with Gasteiger partial charge >= 0.3 is 0 Å². The summed E-state index contributed by atoms with van der Waals surface area (Å²) in [5.74, 6) is 1.01. The normalized spacial score (nSPS) is 14.8. The quantitative estimate of drug-likeness (QED) is 0.844. The van der Waals surface area contributed by atoms with Crippen LogP contribution in [0.3, 0.4) is 0 Å². The van der Waals surface area contributed by atoms with E-state index in [0.29, 0.717) is 6.04 Å². The summed E-state index contributed by atoms with van der Waals surface area (Å²) in [4.78, 5) is 8.24. The molecule has 1 saturated carbocycles. The van der Waals surface area contributed by atoms with Crippen molar-refractivity contribution in [3.8, 4) is 0 Å². The van der Waals surface area contributed by atoms with Gasteiger partial charge < -0.3 is 14.6 Å². The predicted molar refractivity (Wildman–Crippen MR) is 77.4 cm³/mol. The molecule has 0 radical (unpaired) electrons. The first-order chi connectivity index (χ1) is 9.36. The molecule has 0 unspecified atom stereocenters. The minimum atomic E-state index is 0.642. The van der Waals surface area contributed by atoms with Crippen LogP contribution in [0.15, 0.2) is 29.0 Å². The lowest BCUT2D eigenvalue weighted by atomic mass is 10.4. The molecule has 2 aromatic heterocycles. The third kappa shape index (κ3) is 3.16. The number of hydrogen-bond acceptors (Lipinski definition) is 5. The summed E-state index contributed by atoms with van der Waals surface area (Å²) in [7, 11) is 0. The molecule has 1 fully saturated rings. The summed E-state index contributed by atoms with van der Waals surface area (Å²) in [5, 5.41) is 4.46. The van der Waals surface area contributed by atoms with Crippen molar-refractivity contribution in [1.29, 1.82) is 0 Å². The van der Waals surface area contributed by atoms with Gasteiger partial charge in [-0.05, 0) is 31.5 Å². The minimum absolute atomic E-state index is 0.642. The lowest BCUT2D eigenvalue weighted by Gasteiger charge is -2.19. The average molecular weight is 277 g/mol. The SMILES string of the molecule is CCNCc1cnc(N(Cc2ccco2)C2CC2)s1. The molecule has 4 nitrogen and oxygen atoms in total. The van der Waals surface area contributed by atoms with Crippen LogP contribution in [0.25, 0.3) is 0 Å². The number of nitrogens with zero attached hydrogens (tertiary/aromatic N) is 2. The van der Waals surface area contributed by atoms with Crippen LogP contribution >= 0.6 is 11.3 Å². The van der Waals surface area contributed by atoms with Gasteiger partial charge in [0.1, 0.15) is 5.76 Å². The first-order valence-electron chi connectivity index (χ1n) is 6.81. The standard InChI is InChI=1S/C14H19N3OS/c1-2-15-8-13-9-16-14(19-13)17(11-5-6-11)10-12-4-3-7-18-12/h3-4,7,9,11,15H,2,5-6,8,10H2,1H3. The zero-order valence-electron chi connectivity index (χ0n) is 11.1. The maximum atomic E-state index is 5.46. The number of thiazole rings is 1. The van der Waals surface area contributed by atoms with E-state index in [2.05, 4.69) is 22.1 Å². The fraction of sp³-hybridized carbons (Fsp3) is 0.500. The molecule has 0 atom stereocenters. The van der Waals surface area contributed by atoms with Crippen molar-refractivity contribution in [2.24, 2.45) is 0 Å². The summed E-state index contributed by atoms with van der Waals surface area (Å²) in [6.07, 6.45) is 6.25. The van der Waals surface area contributed by atoms with Crippen molar-refractivity contribution in [2.75, 3.05) is 11.4 Å². The largest absolute Gasteiger partial charge is 0.467 e. The molecule has 1 aliphatic rings. The molecule has 3 rings (SSSR count). The van der Waals surface area contributed by atoms with E-state index in [-0.39, 0.29) is 0 Å². The Morgan fingerprint density at radius 3 is 3.11 bits per heavy atom. The Labute approximate surface area is 117 Å². The molecule has 2 aromatic rings. The molecular weight excluding hydrogens is 258 g/mol. The van der Waals surface area contributed by atoms with Crippen LogP contribution in [0, 0.1) is 0 Å². The van der Waals surface area contributed by atoms with Crippen molar-refractivity contribution in [3.05, 3.63) is 35.2 Å². The molecule has 2 heterocycles. The van der Waals surface area contributed by atoms with Gasteiger partial charge in [-0.3, -0.25) is 0 Å². The van der Waals surface area contributed by atoms with Crippen molar-refractivity contribution in [2.45, 2.75) is 38.9 Å². The monoisotopic (exact) mass is 277 g/mol. The Bertz CT molecular complexity index is 505. The Balaban J connectivity index is 1.70. The van der Waals surface area contributed by atoms with Crippen LogP contribution in [0.5, 0.6) is 0 Å². The number of rotatable bonds is 7. The van der Waals surface area contributed by atoms with E-state index >= 15 is 0 Å². The van der Waals surface area contributed by atoms with Crippen LogP contribution < -0.4 is 10.2 Å². The van der Waals surface area contributed by atoms with Crippen molar-refractivity contribution in [3.63, 3.8) is 0 Å². The molecule has 1 N–H and O–H groups in total. The van der Waals surface area contributed by atoms with Crippen LogP contribution in [-0.2, 0) is 13.1 Å². The third-order valence-electron chi connectivity index (χ3n) is 3.23. The molecule has 0 aromatic carbocycles. The molecule has 0 bridgehead atoms. The van der Waals surface area contributed by atoms with E-state index in [0.717, 1.165) is 30.5 Å². The maximum Gasteiger partial charge on any atom is 0.186 e. The summed E-state index contributed by atoms with van der Waals surface area (Å²) < 4.78 is 5.46. The van der Waals surface area contributed by atoms with Crippen molar-refractivity contribution >= 4 is 16.5 Å². The zero-order valence-corrected chi connectivity index (χ0v) is 11.9. The van der Waals surface area contributed by atoms with Crippen LogP contribution in [-0.4, -0.2) is 17.6 Å². The fourth-order valence-electron chi connectivity index (χ4n) is 2.07. The van der Waals surface area contributed by atoms with E-state index in [4.69, 9.17) is 4.42 Å². The average Bonchev–Trinajstić information content (AvgIpc) is 2.94. The van der Waals surface area contributed by atoms with Gasteiger partial charge in [0, 0.05) is 23.7 Å². The highest BCUT2D eigenvalue weighted by molar-refractivity contribution is 7.15. The topological polar surface area (TPSA) is 41.3 Å². The second-order valence-corrected chi connectivity index (χ2v) is 5.92. The molecule has 19 heavy (non-hydrogen) atoms. The number of nitrogens with one attached hydrogen (secondary N) is 1. The first-order valence-corrected chi connectivity index (χ1v) is 7.63. The molecule has 0 aliphatic heterocycles. The fourth-order valence-corrected chi connectivity index (χ4v) is 3.02. The number of aromatic nitrogens is 1. The van der Waals surface area contributed by atoms with Crippen molar-refractivity contribution in [1.82, 2.24) is 10.3 Å². The molecular formula is C14H19N3OS. The Hall–Kier alpha value is -1.33. The lowest BCUT2D eigenvalue weighted by molar-refractivity contribution is 0.501. The van der Waals surface area contributed by atoms with Gasteiger partial charge in [0.15, 0.2) is 5.13 Å². The van der Waals surface area contributed by atoms with E-state index in [1.54, 1.807) is 17.6 Å². The van der Waals surface area contributed by atoms with E-state index in [1.807, 2.05) is 18.3 Å². The Morgan fingerprint density at radius 2 is 2.42 bits per heavy atom. The Kier molecular flexibility index (Phi) is 3.84. The second kappa shape index (κ2) is 5.75. The minimum Gasteiger partial charge on any atom is -0.467 e. The summed E-state index contributed by atoms with van der Waals surface area (Å²) in [6.45, 7) is 4.85. The highest BCUT2D eigenvalue weighted by Gasteiger charge is 2.31. The molecule has 0 amide bonds. The highest BCUT2D eigenvalue weighted by atomic mass is 32.1. The zero-order chi connectivity index (χ0) is 13.1. The van der Waals surface area contributed by atoms with Gasteiger partial charge in [-0.1, -0.05) is 6.92 Å². The maximum absolute atomic E-state index is 5.46.